The number of hydrogen-bond donors (Lipinski definition) is 0. The Bertz CT molecular complexity index is 1610. The predicted octanol–water partition coefficient (Wildman–Crippen LogP) is 10.2. The van der Waals surface area contributed by atoms with Crippen LogP contribution in [0.25, 0.3) is 0 Å². The molecule has 4 nitrogen and oxygen atoms in total. The summed E-state index contributed by atoms with van der Waals surface area (Å²) in [5.74, 6) is 2.10. The highest BCUT2D eigenvalue weighted by Crippen LogP contribution is 2.36. The van der Waals surface area contributed by atoms with Crippen LogP contribution in [0.3, 0.4) is 0 Å². The lowest BCUT2D eigenvalue weighted by molar-refractivity contribution is 0.214. The molecule has 228 valence electrons. The van der Waals surface area contributed by atoms with Crippen molar-refractivity contribution < 1.29 is 4.39 Å². The molecular formula is C38H42ClFN4. The topological polar surface area (TPSA) is 31.2 Å². The molecule has 0 unspecified atom stereocenters. The second-order valence-electron chi connectivity index (χ2n) is 12.3. The van der Waals surface area contributed by atoms with E-state index in [1.165, 1.54) is 23.3 Å². The predicted molar refractivity (Wildman–Crippen MR) is 184 cm³/mol. The van der Waals surface area contributed by atoms with E-state index in [0.717, 1.165) is 64.8 Å². The Balaban J connectivity index is 1.63. The fourth-order valence-corrected chi connectivity index (χ4v) is 6.23. The normalized spacial score (nSPS) is 14.6. The zero-order chi connectivity index (χ0) is 31.4. The van der Waals surface area contributed by atoms with Crippen molar-refractivity contribution in [1.29, 1.82) is 0 Å². The molecule has 0 atom stereocenters. The molecule has 0 amide bonds. The molecule has 0 radical (unpaired) electrons. The van der Waals surface area contributed by atoms with Gasteiger partial charge in [-0.1, -0.05) is 93.9 Å². The van der Waals surface area contributed by atoms with Crippen LogP contribution < -0.4 is 0 Å². The highest BCUT2D eigenvalue weighted by Gasteiger charge is 2.26. The molecular weight excluding hydrogens is 567 g/mol. The summed E-state index contributed by atoms with van der Waals surface area (Å²) in [5, 5.41) is 0.606. The molecule has 0 aromatic heterocycles. The molecule has 4 aromatic carbocycles. The first kappa shape index (κ1) is 31.5. The average molecular weight is 609 g/mol. The first-order valence-electron chi connectivity index (χ1n) is 15.5. The Kier molecular flexibility index (Phi) is 9.85. The van der Waals surface area contributed by atoms with Gasteiger partial charge in [0, 0.05) is 24.2 Å². The molecule has 1 aliphatic heterocycles. The molecule has 1 heterocycles. The molecule has 0 spiro atoms. The van der Waals surface area contributed by atoms with Crippen LogP contribution in [0.5, 0.6) is 0 Å². The number of para-hydroxylation sites is 1. The maximum Gasteiger partial charge on any atom is 0.138 e. The molecule has 0 saturated carbocycles. The molecule has 1 aliphatic rings. The third kappa shape index (κ3) is 7.05. The molecule has 6 heteroatoms. The maximum atomic E-state index is 14.0. The van der Waals surface area contributed by atoms with Crippen LogP contribution in [-0.4, -0.2) is 41.2 Å². The number of halogens is 2. The van der Waals surface area contributed by atoms with Gasteiger partial charge in [-0.2, -0.15) is 0 Å². The summed E-state index contributed by atoms with van der Waals surface area (Å²) in [5.41, 5.74) is 8.29. The third-order valence-corrected chi connectivity index (χ3v) is 8.40. The number of aryl methyl sites for hydroxylation is 2. The van der Waals surface area contributed by atoms with E-state index in [4.69, 9.17) is 21.6 Å². The van der Waals surface area contributed by atoms with Crippen molar-refractivity contribution in [1.82, 2.24) is 9.80 Å². The summed E-state index contributed by atoms with van der Waals surface area (Å²) >= 11 is 6.75. The minimum Gasteiger partial charge on any atom is -0.338 e. The summed E-state index contributed by atoms with van der Waals surface area (Å²) in [4.78, 5) is 15.3. The van der Waals surface area contributed by atoms with Crippen LogP contribution in [0.2, 0.25) is 5.02 Å². The van der Waals surface area contributed by atoms with E-state index >= 15 is 0 Å². The lowest BCUT2D eigenvalue weighted by Gasteiger charge is -2.39. The van der Waals surface area contributed by atoms with Crippen LogP contribution >= 0.6 is 11.6 Å². The molecule has 0 bridgehead atoms. The Morgan fingerprint density at radius 3 is 1.80 bits per heavy atom. The van der Waals surface area contributed by atoms with Crippen molar-refractivity contribution in [2.75, 3.05) is 19.8 Å². The van der Waals surface area contributed by atoms with Gasteiger partial charge in [-0.3, -0.25) is 0 Å². The van der Waals surface area contributed by atoms with Gasteiger partial charge in [0.15, 0.2) is 0 Å². The largest absolute Gasteiger partial charge is 0.338 e. The van der Waals surface area contributed by atoms with Gasteiger partial charge in [-0.05, 0) is 84.7 Å². The van der Waals surface area contributed by atoms with Gasteiger partial charge in [0.2, 0.25) is 0 Å². The van der Waals surface area contributed by atoms with E-state index in [2.05, 4.69) is 86.0 Å². The van der Waals surface area contributed by atoms with Crippen LogP contribution in [0.4, 0.5) is 15.8 Å². The third-order valence-electron chi connectivity index (χ3n) is 8.11. The summed E-state index contributed by atoms with van der Waals surface area (Å²) in [6.07, 6.45) is 0.912. The van der Waals surface area contributed by atoms with Crippen molar-refractivity contribution in [3.63, 3.8) is 0 Å². The van der Waals surface area contributed by atoms with Gasteiger partial charge in [-0.25, -0.2) is 14.4 Å². The Hall–Kier alpha value is -3.96. The monoisotopic (exact) mass is 608 g/mol. The molecule has 1 fully saturated rings. The molecule has 5 rings (SSSR count). The number of hydrogen-bond acceptors (Lipinski definition) is 2. The van der Waals surface area contributed by atoms with Gasteiger partial charge >= 0.3 is 0 Å². The van der Waals surface area contributed by atoms with E-state index < -0.39 is 0 Å². The minimum absolute atomic E-state index is 0.277. The SMILES string of the molecule is Cc1cc(C)c(N=C(c2ccc(F)cc2)N2CCCN(C(=Nc3c(C(C)C)cccc3C(C)C)c3ccccc3)C2)c(Cl)c1. The fraction of sp³-hybridized carbons (Fsp3) is 0.316. The summed E-state index contributed by atoms with van der Waals surface area (Å²) in [7, 11) is 0. The zero-order valence-corrected chi connectivity index (χ0v) is 27.4. The van der Waals surface area contributed by atoms with E-state index in [-0.39, 0.29) is 5.82 Å². The molecule has 4 aromatic rings. The molecule has 0 aliphatic carbocycles. The first-order chi connectivity index (χ1) is 21.1. The van der Waals surface area contributed by atoms with Gasteiger partial charge in [-0.15, -0.1) is 0 Å². The number of benzene rings is 4. The lowest BCUT2D eigenvalue weighted by Crippen LogP contribution is -2.50. The van der Waals surface area contributed by atoms with Crippen LogP contribution in [0.1, 0.15) is 79.3 Å². The Morgan fingerprint density at radius 1 is 0.705 bits per heavy atom. The van der Waals surface area contributed by atoms with Gasteiger partial charge in [0.1, 0.15) is 17.5 Å². The van der Waals surface area contributed by atoms with Gasteiger partial charge in [0.05, 0.1) is 23.1 Å². The maximum absolute atomic E-state index is 14.0. The van der Waals surface area contributed by atoms with Crippen LogP contribution in [0, 0.1) is 19.7 Å². The molecule has 44 heavy (non-hydrogen) atoms. The van der Waals surface area contributed by atoms with E-state index in [0.29, 0.717) is 23.5 Å². The molecule has 0 N–H and O–H groups in total. The van der Waals surface area contributed by atoms with E-state index in [1.807, 2.05) is 26.0 Å². The molecule has 1 saturated heterocycles. The minimum atomic E-state index is -0.277. The van der Waals surface area contributed by atoms with E-state index in [9.17, 15) is 4.39 Å². The van der Waals surface area contributed by atoms with Crippen molar-refractivity contribution in [2.45, 2.75) is 59.8 Å². The quantitative estimate of drug-likeness (QED) is 0.161. The van der Waals surface area contributed by atoms with Crippen LogP contribution in [-0.2, 0) is 0 Å². The number of nitrogens with zero attached hydrogens (tertiary/aromatic N) is 4. The standard InChI is InChI=1S/C38H42ClFN4/c1-25(2)32-14-10-15-33(26(3)4)36(32)42-37(29-12-8-7-9-13-29)43-20-11-21-44(24-43)38(30-16-18-31(40)19-17-30)41-35-28(6)22-27(5)23-34(35)39/h7-10,12-19,22-23,25-26H,11,20-21,24H2,1-6H3. The summed E-state index contributed by atoms with van der Waals surface area (Å²) in [6.45, 7) is 15.2. The number of aliphatic imine (C=N–C) groups is 2. The second kappa shape index (κ2) is 13.8. The highest BCUT2D eigenvalue weighted by atomic mass is 35.5. The van der Waals surface area contributed by atoms with Gasteiger partial charge in [0.25, 0.3) is 0 Å². The number of rotatable bonds is 6. The van der Waals surface area contributed by atoms with Crippen molar-refractivity contribution in [2.24, 2.45) is 9.98 Å². The van der Waals surface area contributed by atoms with Crippen molar-refractivity contribution >= 4 is 34.6 Å². The van der Waals surface area contributed by atoms with Gasteiger partial charge < -0.3 is 9.80 Å². The first-order valence-corrected chi connectivity index (χ1v) is 15.9. The second-order valence-corrected chi connectivity index (χ2v) is 12.7. The summed E-state index contributed by atoms with van der Waals surface area (Å²) in [6, 6.07) is 27.6. The Morgan fingerprint density at radius 2 is 1.25 bits per heavy atom. The number of amidine groups is 2. The van der Waals surface area contributed by atoms with Crippen molar-refractivity contribution in [3.8, 4) is 0 Å². The summed E-state index contributed by atoms with van der Waals surface area (Å²) < 4.78 is 14.0. The smallest absolute Gasteiger partial charge is 0.138 e. The van der Waals surface area contributed by atoms with E-state index in [1.54, 1.807) is 12.1 Å². The van der Waals surface area contributed by atoms with Crippen molar-refractivity contribution in [3.05, 3.63) is 129 Å². The van der Waals surface area contributed by atoms with Crippen LogP contribution in [0.15, 0.2) is 94.9 Å². The lowest BCUT2D eigenvalue weighted by atomic mass is 9.93. The Labute approximate surface area is 266 Å². The highest BCUT2D eigenvalue weighted by molar-refractivity contribution is 6.33. The zero-order valence-electron chi connectivity index (χ0n) is 26.6. The average Bonchev–Trinajstić information content (AvgIpc) is 3.00. The fourth-order valence-electron chi connectivity index (χ4n) is 5.87.